The van der Waals surface area contributed by atoms with E-state index in [0.717, 1.165) is 0 Å². The van der Waals surface area contributed by atoms with Gasteiger partial charge in [0.1, 0.15) is 24.7 Å². The average molecular weight is 330 g/mol. The number of carbonyl (C=O) groups is 1. The Hall–Kier alpha value is -2.66. The maximum Gasteiger partial charge on any atom is 0.252 e. The number of thioether (sulfide) groups is 1. The zero-order chi connectivity index (χ0) is 16.2. The van der Waals surface area contributed by atoms with Crippen LogP contribution in [0.25, 0.3) is 0 Å². The number of nitrogens with zero attached hydrogens (tertiary/aromatic N) is 4. The molecule has 1 aromatic carbocycles. The molecule has 0 N–H and O–H groups in total. The molecule has 0 spiro atoms. The van der Waals surface area contributed by atoms with Crippen molar-refractivity contribution in [1.82, 2.24) is 14.9 Å². The zero-order valence-electron chi connectivity index (χ0n) is 12.4. The summed E-state index contributed by atoms with van der Waals surface area (Å²) in [6.45, 7) is 0.325. The summed E-state index contributed by atoms with van der Waals surface area (Å²) in [5, 5.41) is 10.3. The van der Waals surface area contributed by atoms with E-state index in [1.54, 1.807) is 17.9 Å². The summed E-state index contributed by atoms with van der Waals surface area (Å²) in [4.78, 5) is 12.0. The number of amides is 1. The van der Waals surface area contributed by atoms with Crippen molar-refractivity contribution < 1.29 is 14.3 Å². The molecular formula is C15H14N4O3S. The maximum atomic E-state index is 12.0. The molecule has 0 bridgehead atoms. The molecule has 2 aromatic rings. The van der Waals surface area contributed by atoms with Gasteiger partial charge in [-0.25, -0.2) is 9.69 Å². The van der Waals surface area contributed by atoms with Crippen LogP contribution in [0.15, 0.2) is 29.4 Å². The Balaban J connectivity index is 1.80. The van der Waals surface area contributed by atoms with Crippen molar-refractivity contribution in [3.05, 3.63) is 30.1 Å². The summed E-state index contributed by atoms with van der Waals surface area (Å²) >= 11 is 1.33. The lowest BCUT2D eigenvalue weighted by atomic mass is 10.3. The highest BCUT2D eigenvalue weighted by Crippen LogP contribution is 2.24. The van der Waals surface area contributed by atoms with Crippen LogP contribution in [-0.2, 0) is 11.4 Å². The normalized spacial score (nSPS) is 13.4. The summed E-state index contributed by atoms with van der Waals surface area (Å²) in [6.07, 6.45) is 5.34. The minimum atomic E-state index is -0.0807. The summed E-state index contributed by atoms with van der Waals surface area (Å²) in [5.74, 6) is 4.55. The Labute approximate surface area is 137 Å². The van der Waals surface area contributed by atoms with E-state index < -0.39 is 0 Å². The van der Waals surface area contributed by atoms with Gasteiger partial charge in [0.05, 0.1) is 12.9 Å². The van der Waals surface area contributed by atoms with Gasteiger partial charge in [-0.05, 0) is 12.1 Å². The van der Waals surface area contributed by atoms with Gasteiger partial charge >= 0.3 is 0 Å². The number of methoxy groups -OCH3 is 1. The zero-order valence-corrected chi connectivity index (χ0v) is 13.2. The number of rotatable bonds is 5. The lowest BCUT2D eigenvalue weighted by Crippen LogP contribution is -2.46. The Kier molecular flexibility index (Phi) is 4.39. The number of carbonyl (C=O) groups excluding carboxylic acids is 1. The van der Waals surface area contributed by atoms with Gasteiger partial charge in [0.25, 0.3) is 5.91 Å². The number of ether oxygens (including phenoxy) is 2. The number of hydrogen-bond acceptors (Lipinski definition) is 6. The van der Waals surface area contributed by atoms with Crippen LogP contribution >= 0.6 is 11.8 Å². The fraction of sp³-hybridized carbons (Fsp3) is 0.267. The number of terminal acetylenes is 1. The van der Waals surface area contributed by atoms with E-state index in [2.05, 4.69) is 16.1 Å². The van der Waals surface area contributed by atoms with E-state index in [1.807, 2.05) is 18.2 Å². The van der Waals surface area contributed by atoms with E-state index in [-0.39, 0.29) is 19.1 Å². The molecule has 23 heavy (non-hydrogen) atoms. The molecule has 0 unspecified atom stereocenters. The fourth-order valence-corrected chi connectivity index (χ4v) is 2.94. The van der Waals surface area contributed by atoms with Crippen LogP contribution in [0, 0.1) is 12.3 Å². The van der Waals surface area contributed by atoms with Gasteiger partial charge in [-0.2, -0.15) is 0 Å². The first-order valence-electron chi connectivity index (χ1n) is 6.81. The third-order valence-electron chi connectivity index (χ3n) is 3.18. The van der Waals surface area contributed by atoms with Crippen molar-refractivity contribution in [2.24, 2.45) is 0 Å². The van der Waals surface area contributed by atoms with Crippen molar-refractivity contribution in [3.63, 3.8) is 0 Å². The smallest absolute Gasteiger partial charge is 0.252 e. The molecule has 1 aliphatic rings. The largest absolute Gasteiger partial charge is 0.497 e. The molecular weight excluding hydrogens is 316 g/mol. The quantitative estimate of drug-likeness (QED) is 0.764. The summed E-state index contributed by atoms with van der Waals surface area (Å²) in [7, 11) is 1.59. The van der Waals surface area contributed by atoms with Gasteiger partial charge < -0.3 is 9.47 Å². The first-order chi connectivity index (χ1) is 11.2. The molecule has 1 aromatic heterocycles. The van der Waals surface area contributed by atoms with E-state index in [4.69, 9.17) is 15.9 Å². The molecule has 0 saturated heterocycles. The highest BCUT2D eigenvalue weighted by Gasteiger charge is 2.28. The average Bonchev–Trinajstić information content (AvgIpc) is 2.99. The number of aromatic nitrogens is 3. The van der Waals surface area contributed by atoms with Crippen molar-refractivity contribution in [3.8, 4) is 23.8 Å². The standard InChI is InChI=1S/C15H14N4O3S/c1-3-7-18-14(20)10-23-15-17-16-13(19(15)18)9-22-12-6-4-5-11(8-12)21-2/h1,4-6,8H,7,9-10H2,2H3. The Morgan fingerprint density at radius 3 is 3.00 bits per heavy atom. The second-order valence-corrected chi connectivity index (χ2v) is 5.56. The molecule has 7 nitrogen and oxygen atoms in total. The molecule has 0 saturated carbocycles. The van der Waals surface area contributed by atoms with Crippen molar-refractivity contribution in [2.45, 2.75) is 11.8 Å². The highest BCUT2D eigenvalue weighted by atomic mass is 32.2. The minimum Gasteiger partial charge on any atom is -0.497 e. The topological polar surface area (TPSA) is 69.5 Å². The number of hydrogen-bond donors (Lipinski definition) is 0. The monoisotopic (exact) mass is 330 g/mol. The van der Waals surface area contributed by atoms with E-state index >= 15 is 0 Å². The molecule has 118 valence electrons. The maximum absolute atomic E-state index is 12.0. The summed E-state index contributed by atoms with van der Waals surface area (Å²) in [5.41, 5.74) is 0. The first kappa shape index (κ1) is 15.2. The molecule has 0 fully saturated rings. The van der Waals surface area contributed by atoms with Crippen LogP contribution in [0.2, 0.25) is 0 Å². The minimum absolute atomic E-state index is 0.0807. The van der Waals surface area contributed by atoms with Crippen LogP contribution < -0.4 is 14.5 Å². The Morgan fingerprint density at radius 1 is 1.39 bits per heavy atom. The van der Waals surface area contributed by atoms with Crippen LogP contribution in [0.1, 0.15) is 5.82 Å². The van der Waals surface area contributed by atoms with E-state index in [9.17, 15) is 4.79 Å². The summed E-state index contributed by atoms with van der Waals surface area (Å²) < 4.78 is 12.5. The molecule has 0 radical (unpaired) electrons. The Bertz CT molecular complexity index is 768. The van der Waals surface area contributed by atoms with Crippen LogP contribution in [-0.4, -0.2) is 40.2 Å². The van der Waals surface area contributed by atoms with Crippen molar-refractivity contribution in [1.29, 1.82) is 0 Å². The van der Waals surface area contributed by atoms with Crippen LogP contribution in [0.5, 0.6) is 11.5 Å². The van der Waals surface area contributed by atoms with Crippen molar-refractivity contribution in [2.75, 3.05) is 24.4 Å². The van der Waals surface area contributed by atoms with Gasteiger partial charge in [0.15, 0.2) is 5.82 Å². The lowest BCUT2D eigenvalue weighted by molar-refractivity contribution is -0.117. The molecule has 0 atom stereocenters. The van der Waals surface area contributed by atoms with Gasteiger partial charge in [-0.1, -0.05) is 23.7 Å². The summed E-state index contributed by atoms with van der Waals surface area (Å²) in [6, 6.07) is 7.24. The molecule has 2 heterocycles. The lowest BCUT2D eigenvalue weighted by Gasteiger charge is -2.27. The third kappa shape index (κ3) is 3.10. The highest BCUT2D eigenvalue weighted by molar-refractivity contribution is 7.99. The SMILES string of the molecule is C#CCN1C(=O)CSc2nnc(COc3cccc(OC)c3)n21. The van der Waals surface area contributed by atoms with Gasteiger partial charge in [-0.15, -0.1) is 16.6 Å². The van der Waals surface area contributed by atoms with E-state index in [1.165, 1.54) is 16.8 Å². The molecule has 0 aliphatic carbocycles. The molecule has 1 aliphatic heterocycles. The first-order valence-corrected chi connectivity index (χ1v) is 7.79. The van der Waals surface area contributed by atoms with Crippen LogP contribution in [0.3, 0.4) is 0 Å². The van der Waals surface area contributed by atoms with Gasteiger partial charge in [0.2, 0.25) is 5.16 Å². The second-order valence-electron chi connectivity index (χ2n) is 4.62. The van der Waals surface area contributed by atoms with Gasteiger partial charge in [-0.3, -0.25) is 4.79 Å². The molecule has 8 heteroatoms. The predicted molar refractivity (Wildman–Crippen MR) is 85.0 cm³/mol. The van der Waals surface area contributed by atoms with Crippen LogP contribution in [0.4, 0.5) is 0 Å². The number of benzene rings is 1. The molecule has 1 amide bonds. The van der Waals surface area contributed by atoms with Gasteiger partial charge in [0, 0.05) is 6.07 Å². The fourth-order valence-electron chi connectivity index (χ4n) is 2.11. The predicted octanol–water partition coefficient (Wildman–Crippen LogP) is 1.07. The third-order valence-corrected chi connectivity index (χ3v) is 4.08. The second kappa shape index (κ2) is 6.62. The van der Waals surface area contributed by atoms with E-state index in [0.29, 0.717) is 28.2 Å². The van der Waals surface area contributed by atoms with Crippen molar-refractivity contribution >= 4 is 17.7 Å². The number of fused-ring (bicyclic) bond motifs is 1. The molecule has 3 rings (SSSR count). The Morgan fingerprint density at radius 2 is 2.22 bits per heavy atom.